The Morgan fingerprint density at radius 3 is 2.73 bits per heavy atom. The van der Waals surface area contributed by atoms with Crippen molar-refractivity contribution in [2.75, 3.05) is 27.7 Å². The van der Waals surface area contributed by atoms with E-state index in [1.807, 2.05) is 24.3 Å². The molecule has 8 nitrogen and oxygen atoms in total. The minimum Gasteiger partial charge on any atom is -0.496 e. The summed E-state index contributed by atoms with van der Waals surface area (Å²) in [4.78, 5) is 19.6. The summed E-state index contributed by atoms with van der Waals surface area (Å²) in [5.41, 5.74) is 1.88. The Kier molecular flexibility index (Phi) is 5.01. The van der Waals surface area contributed by atoms with Crippen LogP contribution >= 0.6 is 0 Å². The quantitative estimate of drug-likeness (QED) is 0.804. The van der Waals surface area contributed by atoms with E-state index in [1.165, 1.54) is 14.1 Å². The van der Waals surface area contributed by atoms with Crippen molar-refractivity contribution in [2.45, 2.75) is 18.1 Å². The molecule has 0 aliphatic carbocycles. The number of nitrogens with zero attached hydrogens (tertiary/aromatic N) is 2. The normalized spacial score (nSPS) is 17.5. The number of para-hydroxylation sites is 1. The lowest BCUT2D eigenvalue weighted by atomic mass is 9.93. The molecule has 3 rings (SSSR count). The van der Waals surface area contributed by atoms with Gasteiger partial charge in [-0.15, -0.1) is 0 Å². The molecule has 2 N–H and O–H groups in total. The molecule has 0 bridgehead atoms. The number of methoxy groups -OCH3 is 1. The van der Waals surface area contributed by atoms with E-state index in [1.54, 1.807) is 7.11 Å². The van der Waals surface area contributed by atoms with Crippen LogP contribution in [0.4, 0.5) is 0 Å². The van der Waals surface area contributed by atoms with E-state index in [9.17, 15) is 13.2 Å². The number of aromatic nitrogens is 2. The number of sulfonamides is 1. The predicted octanol–water partition coefficient (Wildman–Crippen LogP) is 0.879. The van der Waals surface area contributed by atoms with Gasteiger partial charge in [0.05, 0.1) is 7.11 Å². The number of benzene rings is 1. The summed E-state index contributed by atoms with van der Waals surface area (Å²) in [5, 5.41) is 2.86. The molecule has 26 heavy (non-hydrogen) atoms. The summed E-state index contributed by atoms with van der Waals surface area (Å²) in [5.74, 6) is 0.432. The van der Waals surface area contributed by atoms with Crippen molar-refractivity contribution in [2.24, 2.45) is 0 Å². The predicted molar refractivity (Wildman–Crippen MR) is 96.7 cm³/mol. The van der Waals surface area contributed by atoms with Crippen molar-refractivity contribution in [3.63, 3.8) is 0 Å². The number of nitrogens with one attached hydrogen (secondary N) is 2. The fourth-order valence-electron chi connectivity index (χ4n) is 3.01. The average Bonchev–Trinajstić information content (AvgIpc) is 2.93. The monoisotopic (exact) mass is 378 g/mol. The number of ether oxygens (including phenoxy) is 1. The Balaban J connectivity index is 1.93. The van der Waals surface area contributed by atoms with Gasteiger partial charge in [0, 0.05) is 32.3 Å². The van der Waals surface area contributed by atoms with Crippen LogP contribution in [0, 0.1) is 0 Å². The van der Waals surface area contributed by atoms with Crippen LogP contribution in [0.1, 0.15) is 33.5 Å². The second-order valence-corrected chi connectivity index (χ2v) is 8.59. The molecule has 0 saturated heterocycles. The molecule has 0 spiro atoms. The number of carbonyl (C=O) groups excluding carboxylic acids is 1. The molecule has 2 aromatic rings. The zero-order valence-corrected chi connectivity index (χ0v) is 15.8. The highest BCUT2D eigenvalue weighted by Gasteiger charge is 2.28. The number of amides is 1. The molecular formula is C17H22N4O4S. The molecule has 1 amide bonds. The van der Waals surface area contributed by atoms with Gasteiger partial charge in [-0.05, 0) is 18.1 Å². The fourth-order valence-corrected chi connectivity index (χ4v) is 3.75. The minimum absolute atomic E-state index is 0.00453. The third kappa shape index (κ3) is 3.58. The molecule has 1 atom stereocenters. The molecule has 1 aromatic carbocycles. The summed E-state index contributed by atoms with van der Waals surface area (Å²) < 4.78 is 30.7. The number of H-pyrrole nitrogens is 1. The van der Waals surface area contributed by atoms with Gasteiger partial charge in [-0.3, -0.25) is 4.79 Å². The van der Waals surface area contributed by atoms with Gasteiger partial charge in [0.1, 0.15) is 23.0 Å². The SMILES string of the molecule is COc1ccccc1C1CNC(=O)c2nc(CS(=O)(=O)N(C)C)[nH]c2C1. The summed E-state index contributed by atoms with van der Waals surface area (Å²) in [6.45, 7) is 0.453. The number of rotatable bonds is 5. The molecule has 0 fully saturated rings. The lowest BCUT2D eigenvalue weighted by Crippen LogP contribution is -2.27. The Morgan fingerprint density at radius 2 is 2.04 bits per heavy atom. The zero-order chi connectivity index (χ0) is 18.9. The van der Waals surface area contributed by atoms with E-state index in [2.05, 4.69) is 15.3 Å². The number of aromatic amines is 1. The first-order valence-electron chi connectivity index (χ1n) is 8.21. The molecule has 0 saturated carbocycles. The van der Waals surface area contributed by atoms with Gasteiger partial charge < -0.3 is 15.0 Å². The first kappa shape index (κ1) is 18.4. The van der Waals surface area contributed by atoms with E-state index < -0.39 is 10.0 Å². The van der Waals surface area contributed by atoms with Crippen molar-refractivity contribution in [3.05, 3.63) is 47.0 Å². The fraction of sp³-hybridized carbons (Fsp3) is 0.412. The first-order chi connectivity index (χ1) is 12.3. The van der Waals surface area contributed by atoms with E-state index in [4.69, 9.17) is 4.74 Å². The second-order valence-electron chi connectivity index (χ2n) is 6.40. The zero-order valence-electron chi connectivity index (χ0n) is 14.9. The van der Waals surface area contributed by atoms with Gasteiger partial charge in [-0.1, -0.05) is 18.2 Å². The maximum atomic E-state index is 12.4. The molecule has 1 aliphatic heterocycles. The molecule has 1 unspecified atom stereocenters. The van der Waals surface area contributed by atoms with Crippen LogP contribution in [-0.2, 0) is 22.2 Å². The third-order valence-corrected chi connectivity index (χ3v) is 6.21. The van der Waals surface area contributed by atoms with E-state index in [0.717, 1.165) is 15.6 Å². The van der Waals surface area contributed by atoms with Crippen LogP contribution in [0.25, 0.3) is 0 Å². The van der Waals surface area contributed by atoms with Gasteiger partial charge in [0.15, 0.2) is 0 Å². The highest BCUT2D eigenvalue weighted by atomic mass is 32.2. The van der Waals surface area contributed by atoms with Gasteiger partial charge >= 0.3 is 0 Å². The van der Waals surface area contributed by atoms with Crippen molar-refractivity contribution in [3.8, 4) is 5.75 Å². The lowest BCUT2D eigenvalue weighted by molar-refractivity contribution is 0.0950. The third-order valence-electron chi connectivity index (χ3n) is 4.46. The Bertz CT molecular complexity index is 921. The van der Waals surface area contributed by atoms with Crippen LogP contribution in [0.5, 0.6) is 5.75 Å². The molecule has 1 aromatic heterocycles. The van der Waals surface area contributed by atoms with Crippen LogP contribution in [0.15, 0.2) is 24.3 Å². The number of hydrogen-bond acceptors (Lipinski definition) is 5. The smallest absolute Gasteiger partial charge is 0.271 e. The maximum Gasteiger partial charge on any atom is 0.271 e. The van der Waals surface area contributed by atoms with Crippen molar-refractivity contribution < 1.29 is 17.9 Å². The largest absolute Gasteiger partial charge is 0.496 e. The topological polar surface area (TPSA) is 104 Å². The van der Waals surface area contributed by atoms with Crippen molar-refractivity contribution >= 4 is 15.9 Å². The minimum atomic E-state index is -3.47. The van der Waals surface area contributed by atoms with E-state index in [-0.39, 0.29) is 29.1 Å². The average molecular weight is 378 g/mol. The van der Waals surface area contributed by atoms with Gasteiger partial charge in [-0.2, -0.15) is 0 Å². The van der Waals surface area contributed by atoms with Crippen LogP contribution < -0.4 is 10.1 Å². The van der Waals surface area contributed by atoms with Crippen LogP contribution in [-0.4, -0.2) is 56.3 Å². The van der Waals surface area contributed by atoms with Gasteiger partial charge in [0.25, 0.3) is 5.91 Å². The Morgan fingerprint density at radius 1 is 1.31 bits per heavy atom. The highest BCUT2D eigenvalue weighted by molar-refractivity contribution is 7.88. The van der Waals surface area contributed by atoms with E-state index >= 15 is 0 Å². The molecule has 9 heteroatoms. The van der Waals surface area contributed by atoms with Gasteiger partial charge in [0.2, 0.25) is 10.0 Å². The van der Waals surface area contributed by atoms with Crippen LogP contribution in [0.2, 0.25) is 0 Å². The van der Waals surface area contributed by atoms with Gasteiger partial charge in [-0.25, -0.2) is 17.7 Å². The molecule has 1 aliphatic rings. The molecule has 2 heterocycles. The highest BCUT2D eigenvalue weighted by Crippen LogP contribution is 2.30. The maximum absolute atomic E-state index is 12.4. The molecule has 140 valence electrons. The lowest BCUT2D eigenvalue weighted by Gasteiger charge is -2.17. The summed E-state index contributed by atoms with van der Waals surface area (Å²) in [6.07, 6.45) is 0.531. The summed E-state index contributed by atoms with van der Waals surface area (Å²) in [7, 11) is 1.08. The molecular weight excluding hydrogens is 356 g/mol. The Labute approximate surface area is 152 Å². The van der Waals surface area contributed by atoms with Crippen molar-refractivity contribution in [1.29, 1.82) is 0 Å². The number of carbonyl (C=O) groups is 1. The Hall–Kier alpha value is -2.39. The van der Waals surface area contributed by atoms with Crippen molar-refractivity contribution in [1.82, 2.24) is 19.6 Å². The van der Waals surface area contributed by atoms with E-state index in [0.29, 0.717) is 18.7 Å². The second kappa shape index (κ2) is 7.08. The summed E-state index contributed by atoms with van der Waals surface area (Å²) in [6, 6.07) is 7.66. The summed E-state index contributed by atoms with van der Waals surface area (Å²) >= 11 is 0. The number of fused-ring (bicyclic) bond motifs is 1. The molecule has 0 radical (unpaired) electrons. The number of hydrogen-bond donors (Lipinski definition) is 2. The standard InChI is InChI=1S/C17H22N4O4S/c1-21(2)26(23,24)10-15-19-13-8-11(9-18-17(22)16(13)20-15)12-6-4-5-7-14(12)25-3/h4-7,11H,8-10H2,1-3H3,(H,18,22)(H,19,20). The first-order valence-corrected chi connectivity index (χ1v) is 9.82. The number of imidazole rings is 1. The van der Waals surface area contributed by atoms with Crippen LogP contribution in [0.3, 0.4) is 0 Å².